The Bertz CT molecular complexity index is 93.9. The zero-order valence-corrected chi connectivity index (χ0v) is 9.96. The average Bonchev–Trinajstić information content (AvgIpc) is 2.03. The summed E-state index contributed by atoms with van der Waals surface area (Å²) < 4.78 is 0. The number of hydrogen-bond acceptors (Lipinski definition) is 0. The van der Waals surface area contributed by atoms with Gasteiger partial charge in [-0.25, -0.2) is 0 Å². The molecule has 0 aromatic carbocycles. The quantitative estimate of drug-likeness (QED) is 0.594. The van der Waals surface area contributed by atoms with E-state index >= 15 is 0 Å². The molecule has 0 aliphatic rings. The second-order valence-electron chi connectivity index (χ2n) is 3.08. The summed E-state index contributed by atoms with van der Waals surface area (Å²) in [6, 6.07) is 0. The Morgan fingerprint density at radius 3 is 1.33 bits per heavy atom. The Kier molecular flexibility index (Phi) is 7.82. The molecule has 0 spiro atoms. The lowest BCUT2D eigenvalue weighted by molar-refractivity contribution is 0.619. The molecule has 0 amide bonds. The van der Waals surface area contributed by atoms with Gasteiger partial charge in [-0.2, -0.15) is 0 Å². The van der Waals surface area contributed by atoms with Crippen molar-refractivity contribution in [3.05, 3.63) is 0 Å². The van der Waals surface area contributed by atoms with E-state index in [4.69, 9.17) is 34.8 Å². The average molecular weight is 232 g/mol. The van der Waals surface area contributed by atoms with Gasteiger partial charge in [-0.15, -0.1) is 34.8 Å². The Labute approximate surface area is 90.6 Å². The third kappa shape index (κ3) is 6.39. The lowest BCUT2D eigenvalue weighted by Gasteiger charge is -2.14. The van der Waals surface area contributed by atoms with Crippen LogP contribution in [0.5, 0.6) is 0 Å². The topological polar surface area (TPSA) is 0 Å². The van der Waals surface area contributed by atoms with E-state index in [9.17, 15) is 0 Å². The molecule has 0 fully saturated rings. The molecule has 0 radical (unpaired) electrons. The highest BCUT2D eigenvalue weighted by atomic mass is 35.5. The van der Waals surface area contributed by atoms with Crippen molar-refractivity contribution in [3.8, 4) is 0 Å². The molecule has 0 saturated carbocycles. The van der Waals surface area contributed by atoms with Gasteiger partial charge in [0.1, 0.15) is 0 Å². The van der Waals surface area contributed by atoms with Crippen molar-refractivity contribution < 1.29 is 0 Å². The van der Waals surface area contributed by atoms with Crippen molar-refractivity contribution in [2.45, 2.75) is 55.7 Å². The van der Waals surface area contributed by atoms with Gasteiger partial charge >= 0.3 is 0 Å². The Morgan fingerprint density at radius 2 is 1.08 bits per heavy atom. The predicted molar refractivity (Wildman–Crippen MR) is 58.7 cm³/mol. The fraction of sp³-hybridized carbons (Fsp3) is 1.00. The third-order valence-electron chi connectivity index (χ3n) is 1.91. The van der Waals surface area contributed by atoms with Crippen LogP contribution in [0.3, 0.4) is 0 Å². The van der Waals surface area contributed by atoms with Gasteiger partial charge in [0.25, 0.3) is 0 Å². The minimum absolute atomic E-state index is 0.134. The molecular formula is C9H17Cl3. The molecule has 0 N–H and O–H groups in total. The van der Waals surface area contributed by atoms with Crippen LogP contribution in [-0.4, -0.2) is 16.1 Å². The molecule has 0 aliphatic heterocycles. The summed E-state index contributed by atoms with van der Waals surface area (Å²) in [5.41, 5.74) is 0. The molecule has 0 rings (SSSR count). The van der Waals surface area contributed by atoms with Crippen LogP contribution in [-0.2, 0) is 0 Å². The molecular weight excluding hydrogens is 214 g/mol. The van der Waals surface area contributed by atoms with Crippen LogP contribution in [0.4, 0.5) is 0 Å². The van der Waals surface area contributed by atoms with Gasteiger partial charge < -0.3 is 0 Å². The predicted octanol–water partition coefficient (Wildman–Crippen LogP) is 4.41. The van der Waals surface area contributed by atoms with Crippen molar-refractivity contribution in [1.29, 1.82) is 0 Å². The molecule has 74 valence electrons. The second kappa shape index (κ2) is 7.29. The molecule has 0 bridgehead atoms. The van der Waals surface area contributed by atoms with Crippen LogP contribution >= 0.6 is 34.8 Å². The van der Waals surface area contributed by atoms with E-state index in [0.717, 1.165) is 25.7 Å². The smallest absolute Gasteiger partial charge is 0.0364 e. The van der Waals surface area contributed by atoms with E-state index in [2.05, 4.69) is 13.8 Å². The zero-order valence-electron chi connectivity index (χ0n) is 7.69. The molecule has 0 aromatic rings. The first-order valence-corrected chi connectivity index (χ1v) is 5.83. The van der Waals surface area contributed by atoms with Crippen molar-refractivity contribution in [3.63, 3.8) is 0 Å². The van der Waals surface area contributed by atoms with Crippen LogP contribution in [0.1, 0.15) is 39.5 Å². The lowest BCUT2D eigenvalue weighted by Crippen LogP contribution is -2.12. The standard InChI is InChI=1S/C9H17Cl3/c1-3-7(10)5-9(12)6-8(11)4-2/h7-9H,3-6H2,1-2H3. The van der Waals surface area contributed by atoms with E-state index in [-0.39, 0.29) is 16.1 Å². The maximum absolute atomic E-state index is 6.06. The fourth-order valence-corrected chi connectivity index (χ4v) is 2.03. The van der Waals surface area contributed by atoms with Gasteiger partial charge in [-0.1, -0.05) is 13.8 Å². The summed E-state index contributed by atoms with van der Waals surface area (Å²) in [4.78, 5) is 0. The highest BCUT2D eigenvalue weighted by Crippen LogP contribution is 2.21. The Hall–Kier alpha value is 0.870. The number of halogens is 3. The minimum atomic E-state index is 0.134. The SMILES string of the molecule is CCC(Cl)CC(Cl)CC(Cl)CC. The second-order valence-corrected chi connectivity index (χ2v) is 4.93. The first-order valence-electron chi connectivity index (χ1n) is 4.52. The fourth-order valence-electron chi connectivity index (χ4n) is 0.985. The highest BCUT2D eigenvalue weighted by molar-refractivity contribution is 6.24. The molecule has 12 heavy (non-hydrogen) atoms. The van der Waals surface area contributed by atoms with Crippen LogP contribution in [0.25, 0.3) is 0 Å². The van der Waals surface area contributed by atoms with Gasteiger partial charge in [0.15, 0.2) is 0 Å². The maximum Gasteiger partial charge on any atom is 0.0364 e. The first-order chi connectivity index (χ1) is 5.60. The van der Waals surface area contributed by atoms with Gasteiger partial charge in [0, 0.05) is 16.1 Å². The Balaban J connectivity index is 3.51. The normalized spacial score (nSPS) is 18.8. The van der Waals surface area contributed by atoms with Gasteiger partial charge in [0.2, 0.25) is 0 Å². The number of hydrogen-bond donors (Lipinski definition) is 0. The van der Waals surface area contributed by atoms with Crippen molar-refractivity contribution in [2.24, 2.45) is 0 Å². The summed E-state index contributed by atoms with van der Waals surface area (Å²) >= 11 is 18.0. The first kappa shape index (κ1) is 12.9. The maximum atomic E-state index is 6.06. The molecule has 0 aliphatic carbocycles. The summed E-state index contributed by atoms with van der Waals surface area (Å²) in [7, 11) is 0. The largest absolute Gasteiger partial charge is 0.123 e. The number of rotatable bonds is 6. The summed E-state index contributed by atoms with van der Waals surface area (Å²) in [6.07, 6.45) is 3.68. The van der Waals surface area contributed by atoms with Crippen LogP contribution in [0, 0.1) is 0 Å². The number of alkyl halides is 3. The molecule has 0 nitrogen and oxygen atoms in total. The van der Waals surface area contributed by atoms with Gasteiger partial charge in [0.05, 0.1) is 0 Å². The molecule has 2 atom stereocenters. The molecule has 2 unspecified atom stereocenters. The highest BCUT2D eigenvalue weighted by Gasteiger charge is 2.14. The van der Waals surface area contributed by atoms with E-state index in [1.165, 1.54) is 0 Å². The monoisotopic (exact) mass is 230 g/mol. The molecule has 0 saturated heterocycles. The lowest BCUT2D eigenvalue weighted by atomic mass is 10.1. The molecule has 0 heterocycles. The zero-order chi connectivity index (χ0) is 9.56. The van der Waals surface area contributed by atoms with Crippen LogP contribution in [0.15, 0.2) is 0 Å². The molecule has 0 aromatic heterocycles. The summed E-state index contributed by atoms with van der Waals surface area (Å²) in [5, 5.41) is 0.538. The Morgan fingerprint density at radius 1 is 0.750 bits per heavy atom. The summed E-state index contributed by atoms with van der Waals surface area (Å²) in [6.45, 7) is 4.14. The van der Waals surface area contributed by atoms with E-state index in [0.29, 0.717) is 0 Å². The third-order valence-corrected chi connectivity index (χ3v) is 3.24. The van der Waals surface area contributed by atoms with E-state index < -0.39 is 0 Å². The minimum Gasteiger partial charge on any atom is -0.123 e. The van der Waals surface area contributed by atoms with Crippen molar-refractivity contribution >= 4 is 34.8 Å². The van der Waals surface area contributed by atoms with Crippen molar-refractivity contribution in [2.75, 3.05) is 0 Å². The van der Waals surface area contributed by atoms with Crippen LogP contribution < -0.4 is 0 Å². The van der Waals surface area contributed by atoms with Crippen LogP contribution in [0.2, 0.25) is 0 Å². The summed E-state index contributed by atoms with van der Waals surface area (Å²) in [5.74, 6) is 0. The van der Waals surface area contributed by atoms with Gasteiger partial charge in [-0.3, -0.25) is 0 Å². The van der Waals surface area contributed by atoms with E-state index in [1.807, 2.05) is 0 Å². The molecule has 3 heteroatoms. The van der Waals surface area contributed by atoms with Crippen molar-refractivity contribution in [1.82, 2.24) is 0 Å². The van der Waals surface area contributed by atoms with E-state index in [1.54, 1.807) is 0 Å². The van der Waals surface area contributed by atoms with Gasteiger partial charge in [-0.05, 0) is 25.7 Å².